The molecule has 1 aliphatic rings. The maximum atomic E-state index is 10.9. The summed E-state index contributed by atoms with van der Waals surface area (Å²) in [5.74, 6) is 0.278. The number of ether oxygens (including phenoxy) is 1. The summed E-state index contributed by atoms with van der Waals surface area (Å²) in [6.45, 7) is 0.786. The molecule has 0 heterocycles. The molecule has 1 N–H and O–H groups in total. The number of hydrogen-bond acceptors (Lipinski definition) is 4. The first-order chi connectivity index (χ1) is 7.51. The van der Waals surface area contributed by atoms with E-state index in [1.807, 2.05) is 0 Å². The molecule has 1 saturated carbocycles. The van der Waals surface area contributed by atoms with E-state index in [4.69, 9.17) is 4.74 Å². The Morgan fingerprint density at radius 3 is 2.75 bits per heavy atom. The SMILES string of the molecule is COC1CCCC(NCCCS(C)(=O)=O)C1. The second-order valence-corrected chi connectivity index (χ2v) is 6.92. The molecular weight excluding hydrogens is 226 g/mol. The molecule has 4 nitrogen and oxygen atoms in total. The maximum Gasteiger partial charge on any atom is 0.147 e. The van der Waals surface area contributed by atoms with Crippen LogP contribution in [0.4, 0.5) is 0 Å². The van der Waals surface area contributed by atoms with Crippen molar-refractivity contribution in [3.63, 3.8) is 0 Å². The first-order valence-electron chi connectivity index (χ1n) is 5.95. The van der Waals surface area contributed by atoms with Crippen LogP contribution < -0.4 is 5.32 Å². The van der Waals surface area contributed by atoms with Gasteiger partial charge in [-0.05, 0) is 38.6 Å². The van der Waals surface area contributed by atoms with Crippen molar-refractivity contribution in [2.24, 2.45) is 0 Å². The van der Waals surface area contributed by atoms with Gasteiger partial charge in [0.15, 0.2) is 0 Å². The van der Waals surface area contributed by atoms with Gasteiger partial charge in [-0.15, -0.1) is 0 Å². The zero-order valence-corrected chi connectivity index (χ0v) is 11.1. The van der Waals surface area contributed by atoms with Gasteiger partial charge in [0, 0.05) is 19.4 Å². The summed E-state index contributed by atoms with van der Waals surface area (Å²) in [5, 5.41) is 3.41. The van der Waals surface area contributed by atoms with Gasteiger partial charge in [-0.25, -0.2) is 8.42 Å². The number of methoxy groups -OCH3 is 1. The van der Waals surface area contributed by atoms with Gasteiger partial charge >= 0.3 is 0 Å². The van der Waals surface area contributed by atoms with Crippen LogP contribution in [0.2, 0.25) is 0 Å². The van der Waals surface area contributed by atoms with Crippen molar-refractivity contribution in [2.75, 3.05) is 25.7 Å². The van der Waals surface area contributed by atoms with Gasteiger partial charge in [0.1, 0.15) is 9.84 Å². The zero-order valence-electron chi connectivity index (χ0n) is 10.2. The lowest BCUT2D eigenvalue weighted by Crippen LogP contribution is -2.37. The molecule has 96 valence electrons. The van der Waals surface area contributed by atoms with Crippen LogP contribution in [0.5, 0.6) is 0 Å². The number of hydrogen-bond donors (Lipinski definition) is 1. The molecule has 0 saturated heterocycles. The molecule has 0 aromatic rings. The van der Waals surface area contributed by atoms with Crippen LogP contribution in [0.25, 0.3) is 0 Å². The minimum Gasteiger partial charge on any atom is -0.381 e. The summed E-state index contributed by atoms with van der Waals surface area (Å²) < 4.78 is 27.2. The van der Waals surface area contributed by atoms with Crippen molar-refractivity contribution in [2.45, 2.75) is 44.2 Å². The minimum absolute atomic E-state index is 0.278. The van der Waals surface area contributed by atoms with E-state index in [0.717, 1.165) is 19.4 Å². The van der Waals surface area contributed by atoms with E-state index < -0.39 is 9.84 Å². The fourth-order valence-corrected chi connectivity index (χ4v) is 2.85. The summed E-state index contributed by atoms with van der Waals surface area (Å²) in [4.78, 5) is 0. The Hall–Kier alpha value is -0.130. The van der Waals surface area contributed by atoms with Crippen LogP contribution in [0.15, 0.2) is 0 Å². The normalized spacial score (nSPS) is 26.9. The monoisotopic (exact) mass is 249 g/mol. The lowest BCUT2D eigenvalue weighted by molar-refractivity contribution is 0.0590. The van der Waals surface area contributed by atoms with Gasteiger partial charge in [0.25, 0.3) is 0 Å². The van der Waals surface area contributed by atoms with E-state index in [0.29, 0.717) is 18.6 Å². The van der Waals surface area contributed by atoms with E-state index >= 15 is 0 Å². The summed E-state index contributed by atoms with van der Waals surface area (Å²) in [7, 11) is -1.05. The van der Waals surface area contributed by atoms with Crippen molar-refractivity contribution in [1.82, 2.24) is 5.32 Å². The zero-order chi connectivity index (χ0) is 12.0. The quantitative estimate of drug-likeness (QED) is 0.713. The third kappa shape index (κ3) is 5.82. The van der Waals surface area contributed by atoms with Gasteiger partial charge in [-0.3, -0.25) is 0 Å². The van der Waals surface area contributed by atoms with E-state index in [2.05, 4.69) is 5.32 Å². The Morgan fingerprint density at radius 1 is 1.38 bits per heavy atom. The Labute approximate surface area is 98.7 Å². The molecule has 0 aliphatic heterocycles. The molecule has 16 heavy (non-hydrogen) atoms. The third-order valence-electron chi connectivity index (χ3n) is 3.08. The molecule has 0 bridgehead atoms. The number of rotatable bonds is 6. The molecule has 5 heteroatoms. The largest absolute Gasteiger partial charge is 0.381 e. The molecule has 1 aliphatic carbocycles. The van der Waals surface area contributed by atoms with E-state index in [1.165, 1.54) is 19.1 Å². The van der Waals surface area contributed by atoms with Crippen molar-refractivity contribution in [3.05, 3.63) is 0 Å². The first-order valence-corrected chi connectivity index (χ1v) is 8.01. The molecule has 0 amide bonds. The highest BCUT2D eigenvalue weighted by Crippen LogP contribution is 2.20. The highest BCUT2D eigenvalue weighted by Gasteiger charge is 2.20. The summed E-state index contributed by atoms with van der Waals surface area (Å²) in [6, 6.07) is 0.498. The Bertz CT molecular complexity index is 290. The average molecular weight is 249 g/mol. The van der Waals surface area contributed by atoms with Crippen LogP contribution in [0, 0.1) is 0 Å². The lowest BCUT2D eigenvalue weighted by Gasteiger charge is -2.28. The predicted octanol–water partition coefficient (Wildman–Crippen LogP) is 0.968. The minimum atomic E-state index is -2.81. The summed E-state index contributed by atoms with van der Waals surface area (Å²) >= 11 is 0. The molecule has 0 radical (unpaired) electrons. The van der Waals surface area contributed by atoms with Crippen LogP contribution >= 0.6 is 0 Å². The van der Waals surface area contributed by atoms with Crippen molar-refractivity contribution < 1.29 is 13.2 Å². The Morgan fingerprint density at radius 2 is 2.12 bits per heavy atom. The predicted molar refractivity (Wildman–Crippen MR) is 65.4 cm³/mol. The van der Waals surface area contributed by atoms with Gasteiger partial charge in [-0.1, -0.05) is 0 Å². The van der Waals surface area contributed by atoms with E-state index in [1.54, 1.807) is 7.11 Å². The van der Waals surface area contributed by atoms with Crippen LogP contribution in [-0.2, 0) is 14.6 Å². The van der Waals surface area contributed by atoms with Gasteiger partial charge in [0.2, 0.25) is 0 Å². The highest BCUT2D eigenvalue weighted by atomic mass is 32.2. The average Bonchev–Trinajstić information content (AvgIpc) is 2.23. The second-order valence-electron chi connectivity index (χ2n) is 4.66. The highest BCUT2D eigenvalue weighted by molar-refractivity contribution is 7.90. The van der Waals surface area contributed by atoms with Crippen molar-refractivity contribution in [3.8, 4) is 0 Å². The smallest absolute Gasteiger partial charge is 0.147 e. The fourth-order valence-electron chi connectivity index (χ4n) is 2.18. The van der Waals surface area contributed by atoms with Gasteiger partial charge in [0.05, 0.1) is 11.9 Å². The van der Waals surface area contributed by atoms with Crippen LogP contribution in [0.1, 0.15) is 32.1 Å². The summed E-state index contributed by atoms with van der Waals surface area (Å²) in [5.41, 5.74) is 0. The van der Waals surface area contributed by atoms with Crippen LogP contribution in [-0.4, -0.2) is 46.2 Å². The molecule has 0 aromatic carbocycles. The molecule has 1 fully saturated rings. The number of sulfone groups is 1. The maximum absolute atomic E-state index is 10.9. The fraction of sp³-hybridized carbons (Fsp3) is 1.00. The molecule has 2 atom stereocenters. The second kappa shape index (κ2) is 6.57. The van der Waals surface area contributed by atoms with Crippen molar-refractivity contribution in [1.29, 1.82) is 0 Å². The Balaban J connectivity index is 2.13. The van der Waals surface area contributed by atoms with Gasteiger partial charge < -0.3 is 10.1 Å². The standard InChI is InChI=1S/C11H23NO3S/c1-15-11-6-3-5-10(9-11)12-7-4-8-16(2,13)14/h10-12H,3-9H2,1-2H3. The lowest BCUT2D eigenvalue weighted by atomic mass is 9.93. The topological polar surface area (TPSA) is 55.4 Å². The van der Waals surface area contributed by atoms with E-state index in [9.17, 15) is 8.42 Å². The van der Waals surface area contributed by atoms with Gasteiger partial charge in [-0.2, -0.15) is 0 Å². The van der Waals surface area contributed by atoms with Crippen molar-refractivity contribution >= 4 is 9.84 Å². The first kappa shape index (κ1) is 13.9. The molecule has 0 spiro atoms. The van der Waals surface area contributed by atoms with E-state index in [-0.39, 0.29) is 5.75 Å². The molecule has 0 aromatic heterocycles. The molecular formula is C11H23NO3S. The Kier molecular flexibility index (Phi) is 5.72. The molecule has 1 rings (SSSR count). The molecule has 2 unspecified atom stereocenters. The van der Waals surface area contributed by atoms with Crippen LogP contribution in [0.3, 0.4) is 0 Å². The summed E-state index contributed by atoms with van der Waals surface area (Å²) in [6.07, 6.45) is 6.94. The third-order valence-corrected chi connectivity index (χ3v) is 4.11. The number of nitrogens with one attached hydrogen (secondary N) is 1.